The molecule has 0 aliphatic rings. The summed E-state index contributed by atoms with van der Waals surface area (Å²) in [5.41, 5.74) is 7.07. The van der Waals surface area contributed by atoms with Crippen molar-refractivity contribution in [2.75, 3.05) is 5.32 Å². The molecule has 0 radical (unpaired) electrons. The van der Waals surface area contributed by atoms with Gasteiger partial charge in [-0.2, -0.15) is 5.26 Å². The van der Waals surface area contributed by atoms with Crippen LogP contribution in [0.15, 0.2) is 42.5 Å². The molecule has 2 rings (SSSR count). The number of benzene rings is 2. The van der Waals surface area contributed by atoms with Crippen LogP contribution in [0, 0.1) is 17.1 Å². The number of primary amides is 1. The first kappa shape index (κ1) is 13.6. The number of carbonyl (C=O) groups excluding carboxylic acids is 1. The van der Waals surface area contributed by atoms with Crippen LogP contribution in [-0.2, 0) is 6.54 Å². The summed E-state index contributed by atoms with van der Waals surface area (Å²) in [5.74, 6) is -1.06. The van der Waals surface area contributed by atoms with Crippen molar-refractivity contribution in [3.05, 3.63) is 65.0 Å². The van der Waals surface area contributed by atoms with Crippen molar-refractivity contribution in [2.45, 2.75) is 6.54 Å². The third kappa shape index (κ3) is 3.12. The smallest absolute Gasteiger partial charge is 0.248 e. The van der Waals surface area contributed by atoms with Crippen molar-refractivity contribution < 1.29 is 9.18 Å². The number of nitrogens with one attached hydrogen (secondary N) is 1. The second kappa shape index (κ2) is 5.85. The van der Waals surface area contributed by atoms with Gasteiger partial charge in [0.25, 0.3) is 0 Å². The molecule has 2 aromatic rings. The highest BCUT2D eigenvalue weighted by Crippen LogP contribution is 2.17. The van der Waals surface area contributed by atoms with Gasteiger partial charge in [0.2, 0.25) is 5.91 Å². The molecular weight excluding hydrogens is 257 g/mol. The highest BCUT2D eigenvalue weighted by atomic mass is 19.1. The predicted molar refractivity (Wildman–Crippen MR) is 73.4 cm³/mol. The first-order chi connectivity index (χ1) is 9.60. The number of halogens is 1. The molecule has 0 fully saturated rings. The van der Waals surface area contributed by atoms with Crippen LogP contribution < -0.4 is 11.1 Å². The molecule has 20 heavy (non-hydrogen) atoms. The highest BCUT2D eigenvalue weighted by molar-refractivity contribution is 5.93. The summed E-state index contributed by atoms with van der Waals surface area (Å²) in [6.07, 6.45) is 0. The molecule has 0 heterocycles. The Bertz CT molecular complexity index is 675. The van der Waals surface area contributed by atoms with Gasteiger partial charge in [-0.3, -0.25) is 4.79 Å². The van der Waals surface area contributed by atoms with Crippen LogP contribution in [0.4, 0.5) is 10.1 Å². The van der Waals surface area contributed by atoms with Crippen molar-refractivity contribution in [1.82, 2.24) is 0 Å². The van der Waals surface area contributed by atoms with Gasteiger partial charge in [-0.15, -0.1) is 0 Å². The lowest BCUT2D eigenvalue weighted by Gasteiger charge is -2.09. The van der Waals surface area contributed by atoms with Crippen molar-refractivity contribution >= 4 is 11.6 Å². The zero-order chi connectivity index (χ0) is 14.5. The van der Waals surface area contributed by atoms with Crippen LogP contribution in [0.5, 0.6) is 0 Å². The minimum atomic E-state index is -0.605. The lowest BCUT2D eigenvalue weighted by atomic mass is 10.1. The van der Waals surface area contributed by atoms with Gasteiger partial charge in [-0.05, 0) is 35.9 Å². The van der Waals surface area contributed by atoms with E-state index in [1.807, 2.05) is 6.07 Å². The van der Waals surface area contributed by atoms with Crippen molar-refractivity contribution in [1.29, 1.82) is 5.26 Å². The van der Waals surface area contributed by atoms with Gasteiger partial charge >= 0.3 is 0 Å². The fourth-order valence-electron chi connectivity index (χ4n) is 1.71. The second-order valence-electron chi connectivity index (χ2n) is 4.22. The molecule has 0 atom stereocenters. The average Bonchev–Trinajstić information content (AvgIpc) is 2.46. The summed E-state index contributed by atoms with van der Waals surface area (Å²) in [7, 11) is 0. The van der Waals surface area contributed by atoms with E-state index in [0.29, 0.717) is 12.1 Å². The molecule has 100 valence electrons. The standard InChI is InChI=1S/C15H12FN3O/c16-13-6-5-12(15(18)20)7-14(13)19-9-11-3-1-10(8-17)2-4-11/h1-7,19H,9H2,(H2,18,20). The molecule has 0 saturated carbocycles. The van der Waals surface area contributed by atoms with Gasteiger partial charge in [0, 0.05) is 12.1 Å². The number of carbonyl (C=O) groups is 1. The molecule has 4 nitrogen and oxygen atoms in total. The number of amides is 1. The molecule has 1 amide bonds. The Kier molecular flexibility index (Phi) is 3.96. The number of nitrogens with two attached hydrogens (primary N) is 1. The third-order valence-electron chi connectivity index (χ3n) is 2.82. The molecule has 0 spiro atoms. The van der Waals surface area contributed by atoms with E-state index in [-0.39, 0.29) is 11.3 Å². The minimum Gasteiger partial charge on any atom is -0.379 e. The van der Waals surface area contributed by atoms with Crippen LogP contribution in [0.1, 0.15) is 21.5 Å². The Balaban J connectivity index is 2.12. The predicted octanol–water partition coefficient (Wildman–Crippen LogP) is 2.41. The van der Waals surface area contributed by atoms with E-state index < -0.39 is 11.7 Å². The zero-order valence-corrected chi connectivity index (χ0v) is 10.6. The number of rotatable bonds is 4. The molecule has 0 aromatic heterocycles. The van der Waals surface area contributed by atoms with E-state index in [2.05, 4.69) is 5.32 Å². The van der Waals surface area contributed by atoms with Crippen LogP contribution in [0.2, 0.25) is 0 Å². The van der Waals surface area contributed by atoms with E-state index in [4.69, 9.17) is 11.0 Å². The van der Waals surface area contributed by atoms with Crippen molar-refractivity contribution in [3.8, 4) is 6.07 Å². The molecular formula is C15H12FN3O. The Morgan fingerprint density at radius 1 is 1.25 bits per heavy atom. The fraction of sp³-hybridized carbons (Fsp3) is 0.0667. The summed E-state index contributed by atoms with van der Waals surface area (Å²) in [6.45, 7) is 0.380. The van der Waals surface area contributed by atoms with Gasteiger partial charge in [0.15, 0.2) is 0 Å². The van der Waals surface area contributed by atoms with Gasteiger partial charge in [-0.25, -0.2) is 4.39 Å². The number of nitrogens with zero attached hydrogens (tertiary/aromatic N) is 1. The molecule has 0 unspecified atom stereocenters. The molecule has 0 bridgehead atoms. The molecule has 5 heteroatoms. The largest absolute Gasteiger partial charge is 0.379 e. The first-order valence-corrected chi connectivity index (χ1v) is 5.92. The van der Waals surface area contributed by atoms with E-state index >= 15 is 0 Å². The maximum absolute atomic E-state index is 13.6. The fourth-order valence-corrected chi connectivity index (χ4v) is 1.71. The van der Waals surface area contributed by atoms with Gasteiger partial charge < -0.3 is 11.1 Å². The maximum atomic E-state index is 13.6. The van der Waals surface area contributed by atoms with Crippen molar-refractivity contribution in [2.24, 2.45) is 5.73 Å². The average molecular weight is 269 g/mol. The van der Waals surface area contributed by atoms with Gasteiger partial charge in [0.05, 0.1) is 17.3 Å². The molecule has 0 saturated heterocycles. The Hall–Kier alpha value is -2.87. The zero-order valence-electron chi connectivity index (χ0n) is 10.6. The summed E-state index contributed by atoms with van der Waals surface area (Å²) in [5, 5.41) is 11.6. The second-order valence-corrected chi connectivity index (χ2v) is 4.22. The number of hydrogen-bond acceptors (Lipinski definition) is 3. The van der Waals surface area contributed by atoms with Crippen LogP contribution >= 0.6 is 0 Å². The summed E-state index contributed by atoms with van der Waals surface area (Å²) in [6, 6.07) is 12.9. The maximum Gasteiger partial charge on any atom is 0.248 e. The third-order valence-corrected chi connectivity index (χ3v) is 2.82. The molecule has 0 aliphatic carbocycles. The van der Waals surface area contributed by atoms with E-state index in [1.165, 1.54) is 18.2 Å². The first-order valence-electron chi connectivity index (χ1n) is 5.92. The summed E-state index contributed by atoms with van der Waals surface area (Å²) < 4.78 is 13.6. The lowest BCUT2D eigenvalue weighted by molar-refractivity contribution is 0.100. The van der Waals surface area contributed by atoms with Gasteiger partial charge in [0.1, 0.15) is 5.82 Å². The SMILES string of the molecule is N#Cc1ccc(CNc2cc(C(N)=O)ccc2F)cc1. The van der Waals surface area contributed by atoms with E-state index in [0.717, 1.165) is 5.56 Å². The lowest BCUT2D eigenvalue weighted by Crippen LogP contribution is -2.12. The normalized spacial score (nSPS) is 9.80. The quantitative estimate of drug-likeness (QED) is 0.894. The van der Waals surface area contributed by atoms with Crippen LogP contribution in [0.25, 0.3) is 0 Å². The summed E-state index contributed by atoms with van der Waals surface area (Å²) >= 11 is 0. The Labute approximate surface area is 115 Å². The van der Waals surface area contributed by atoms with E-state index in [9.17, 15) is 9.18 Å². The van der Waals surface area contributed by atoms with E-state index in [1.54, 1.807) is 24.3 Å². The van der Waals surface area contributed by atoms with Crippen molar-refractivity contribution in [3.63, 3.8) is 0 Å². The number of hydrogen-bond donors (Lipinski definition) is 2. The topological polar surface area (TPSA) is 78.9 Å². The monoisotopic (exact) mass is 269 g/mol. The Morgan fingerprint density at radius 3 is 2.55 bits per heavy atom. The minimum absolute atomic E-state index is 0.214. The highest BCUT2D eigenvalue weighted by Gasteiger charge is 2.06. The molecule has 3 N–H and O–H groups in total. The van der Waals surface area contributed by atoms with Crippen LogP contribution in [0.3, 0.4) is 0 Å². The summed E-state index contributed by atoms with van der Waals surface area (Å²) in [4.78, 5) is 11.1. The van der Waals surface area contributed by atoms with Crippen LogP contribution in [-0.4, -0.2) is 5.91 Å². The molecule has 2 aromatic carbocycles. The Morgan fingerprint density at radius 2 is 1.95 bits per heavy atom. The molecule has 0 aliphatic heterocycles. The number of nitriles is 1. The number of anilines is 1. The van der Waals surface area contributed by atoms with Gasteiger partial charge in [-0.1, -0.05) is 12.1 Å².